The lowest BCUT2D eigenvalue weighted by Gasteiger charge is -2.27. The van der Waals surface area contributed by atoms with E-state index in [4.69, 9.17) is 9.84 Å². The molecule has 1 aliphatic rings. The van der Waals surface area contributed by atoms with Gasteiger partial charge >= 0.3 is 5.97 Å². The van der Waals surface area contributed by atoms with Crippen molar-refractivity contribution in [2.75, 3.05) is 5.75 Å². The van der Waals surface area contributed by atoms with Gasteiger partial charge in [0.15, 0.2) is 5.75 Å². The van der Waals surface area contributed by atoms with Crippen LogP contribution in [0.3, 0.4) is 0 Å². The first-order valence-electron chi connectivity index (χ1n) is 11.1. The molecule has 0 fully saturated rings. The number of nitrogens with zero attached hydrogens (tertiary/aromatic N) is 3. The minimum Gasteiger partial charge on any atom is -0.490 e. The Labute approximate surface area is 207 Å². The Kier molecular flexibility index (Phi) is 7.16. The number of carboxylic acid groups (broad SMARTS) is 1. The Morgan fingerprint density at radius 2 is 2.06 bits per heavy atom. The number of carboxylic acids is 1. The lowest BCUT2D eigenvalue weighted by atomic mass is 9.85. The van der Waals surface area contributed by atoms with Crippen LogP contribution in [0.4, 0.5) is 0 Å². The molecule has 0 saturated carbocycles. The SMILES string of the molecule is CC(C)Oc1ccc(-c2nnc(-c3cccc4c3CCC[C@@H]4NS(=O)(=O)CC(=O)O)s2)cc1C#N. The second-order valence-corrected chi connectivity index (χ2v) is 11.2. The van der Waals surface area contributed by atoms with Gasteiger partial charge in [-0.15, -0.1) is 10.2 Å². The van der Waals surface area contributed by atoms with Crippen LogP contribution in [0, 0.1) is 11.3 Å². The van der Waals surface area contributed by atoms with E-state index in [2.05, 4.69) is 21.0 Å². The molecule has 35 heavy (non-hydrogen) atoms. The molecule has 0 amide bonds. The van der Waals surface area contributed by atoms with Crippen molar-refractivity contribution < 1.29 is 23.1 Å². The van der Waals surface area contributed by atoms with Gasteiger partial charge in [-0.1, -0.05) is 29.5 Å². The minimum absolute atomic E-state index is 0.0530. The van der Waals surface area contributed by atoms with Gasteiger partial charge in [-0.2, -0.15) is 5.26 Å². The second-order valence-electron chi connectivity index (χ2n) is 8.49. The standard InChI is InChI=1S/C24H24N4O5S2/c1-14(2)33-21-10-9-15(11-16(21)12-25)23-26-27-24(34-23)19-7-3-6-18-17(19)5-4-8-20(18)28-35(31,32)13-22(29)30/h3,6-7,9-11,14,20,28H,4-5,8,13H2,1-2H3,(H,29,30)/t20-/m0/s1. The molecule has 0 spiro atoms. The van der Waals surface area contributed by atoms with Crippen LogP contribution in [0.1, 0.15) is 49.4 Å². The Morgan fingerprint density at radius 3 is 2.77 bits per heavy atom. The number of nitrogens with one attached hydrogen (secondary N) is 1. The predicted octanol–water partition coefficient (Wildman–Crippen LogP) is 3.91. The zero-order valence-corrected chi connectivity index (χ0v) is 20.8. The van der Waals surface area contributed by atoms with Crippen LogP contribution in [0.2, 0.25) is 0 Å². The smallest absolute Gasteiger partial charge is 0.320 e. The van der Waals surface area contributed by atoms with E-state index in [1.165, 1.54) is 11.3 Å². The number of fused-ring (bicyclic) bond motifs is 1. The lowest BCUT2D eigenvalue weighted by molar-refractivity contribution is -0.134. The van der Waals surface area contributed by atoms with E-state index < -0.39 is 27.8 Å². The Hall–Kier alpha value is -3.33. The van der Waals surface area contributed by atoms with Gasteiger partial charge in [0.1, 0.15) is 21.8 Å². The van der Waals surface area contributed by atoms with Crippen molar-refractivity contribution in [1.29, 1.82) is 5.26 Å². The molecule has 11 heteroatoms. The summed E-state index contributed by atoms with van der Waals surface area (Å²) in [6.07, 6.45) is 2.02. The highest BCUT2D eigenvalue weighted by Gasteiger charge is 2.28. The van der Waals surface area contributed by atoms with Crippen LogP contribution in [-0.4, -0.2) is 41.5 Å². The Balaban J connectivity index is 1.65. The van der Waals surface area contributed by atoms with Crippen molar-refractivity contribution >= 4 is 27.3 Å². The molecule has 0 radical (unpaired) electrons. The summed E-state index contributed by atoms with van der Waals surface area (Å²) in [5.74, 6) is -1.85. The van der Waals surface area contributed by atoms with Gasteiger partial charge in [0.05, 0.1) is 11.7 Å². The Morgan fingerprint density at radius 1 is 1.29 bits per heavy atom. The maximum absolute atomic E-state index is 12.2. The van der Waals surface area contributed by atoms with Crippen LogP contribution in [0.25, 0.3) is 21.1 Å². The normalized spacial score (nSPS) is 15.4. The fourth-order valence-corrected chi connectivity index (χ4v) is 6.13. The topological polar surface area (TPSA) is 142 Å². The number of benzene rings is 2. The third kappa shape index (κ3) is 5.67. The molecule has 0 unspecified atom stereocenters. The number of carbonyl (C=O) groups is 1. The number of hydrogen-bond donors (Lipinski definition) is 2. The first-order chi connectivity index (χ1) is 16.7. The zero-order chi connectivity index (χ0) is 25.2. The molecule has 0 bridgehead atoms. The highest BCUT2D eigenvalue weighted by molar-refractivity contribution is 7.90. The third-order valence-electron chi connectivity index (χ3n) is 5.51. The van der Waals surface area contributed by atoms with Crippen molar-refractivity contribution in [2.45, 2.75) is 45.3 Å². The average Bonchev–Trinajstić information content (AvgIpc) is 3.28. The number of rotatable bonds is 8. The van der Waals surface area contributed by atoms with Gasteiger partial charge in [0.25, 0.3) is 0 Å². The average molecular weight is 513 g/mol. The minimum atomic E-state index is -3.96. The molecular weight excluding hydrogens is 488 g/mol. The summed E-state index contributed by atoms with van der Waals surface area (Å²) in [4.78, 5) is 10.9. The summed E-state index contributed by atoms with van der Waals surface area (Å²) in [5, 5.41) is 28.5. The third-order valence-corrected chi connectivity index (χ3v) is 7.78. The molecule has 3 aromatic rings. The van der Waals surface area contributed by atoms with Crippen LogP contribution >= 0.6 is 11.3 Å². The number of aliphatic carboxylic acids is 1. The van der Waals surface area contributed by atoms with E-state index >= 15 is 0 Å². The van der Waals surface area contributed by atoms with E-state index in [1.807, 2.05) is 38.1 Å². The molecule has 2 aromatic carbocycles. The summed E-state index contributed by atoms with van der Waals surface area (Å²) in [6.45, 7) is 3.79. The fraction of sp³-hybridized carbons (Fsp3) is 0.333. The monoisotopic (exact) mass is 512 g/mol. The van der Waals surface area contributed by atoms with Crippen LogP contribution in [0.5, 0.6) is 5.75 Å². The van der Waals surface area contributed by atoms with E-state index in [-0.39, 0.29) is 6.10 Å². The van der Waals surface area contributed by atoms with E-state index in [0.29, 0.717) is 27.7 Å². The molecule has 1 heterocycles. The first-order valence-corrected chi connectivity index (χ1v) is 13.5. The van der Waals surface area contributed by atoms with Crippen molar-refractivity contribution in [2.24, 2.45) is 0 Å². The van der Waals surface area contributed by atoms with E-state index in [1.54, 1.807) is 12.1 Å². The lowest BCUT2D eigenvalue weighted by Crippen LogP contribution is -2.35. The maximum atomic E-state index is 12.2. The summed E-state index contributed by atoms with van der Waals surface area (Å²) in [6, 6.07) is 12.6. The van der Waals surface area contributed by atoms with Crippen molar-refractivity contribution in [3.8, 4) is 33.0 Å². The van der Waals surface area contributed by atoms with Crippen molar-refractivity contribution in [3.63, 3.8) is 0 Å². The fourth-order valence-electron chi connectivity index (χ4n) is 4.15. The highest BCUT2D eigenvalue weighted by atomic mass is 32.2. The molecule has 4 rings (SSSR count). The molecule has 0 saturated heterocycles. The molecule has 1 aromatic heterocycles. The number of nitriles is 1. The molecule has 2 N–H and O–H groups in total. The van der Waals surface area contributed by atoms with E-state index in [9.17, 15) is 18.5 Å². The molecule has 9 nitrogen and oxygen atoms in total. The quantitative estimate of drug-likeness (QED) is 0.462. The summed E-state index contributed by atoms with van der Waals surface area (Å²) in [7, 11) is -3.96. The van der Waals surface area contributed by atoms with E-state index in [0.717, 1.165) is 35.1 Å². The summed E-state index contributed by atoms with van der Waals surface area (Å²) >= 11 is 1.38. The van der Waals surface area contributed by atoms with Crippen molar-refractivity contribution in [3.05, 3.63) is 53.1 Å². The Bertz CT molecular complexity index is 1410. The number of ether oxygens (including phenoxy) is 1. The van der Waals surface area contributed by atoms with Gasteiger partial charge < -0.3 is 9.84 Å². The second kappa shape index (κ2) is 10.1. The molecule has 1 aliphatic carbocycles. The van der Waals surface area contributed by atoms with Gasteiger partial charge in [-0.3, -0.25) is 4.79 Å². The van der Waals surface area contributed by atoms with Crippen LogP contribution in [-0.2, 0) is 21.2 Å². The predicted molar refractivity (Wildman–Crippen MR) is 131 cm³/mol. The van der Waals surface area contributed by atoms with Gasteiger partial charge in [-0.25, -0.2) is 13.1 Å². The van der Waals surface area contributed by atoms with Gasteiger partial charge in [0.2, 0.25) is 10.0 Å². The first kappa shape index (κ1) is 24.8. The number of hydrogen-bond acceptors (Lipinski definition) is 8. The molecule has 1 atom stereocenters. The molecular formula is C24H24N4O5S2. The zero-order valence-electron chi connectivity index (χ0n) is 19.2. The number of sulfonamides is 1. The van der Waals surface area contributed by atoms with Crippen LogP contribution < -0.4 is 9.46 Å². The summed E-state index contributed by atoms with van der Waals surface area (Å²) in [5.41, 5.74) is 3.84. The molecule has 182 valence electrons. The van der Waals surface area contributed by atoms with Gasteiger partial charge in [-0.05, 0) is 62.4 Å². The van der Waals surface area contributed by atoms with Crippen LogP contribution in [0.15, 0.2) is 36.4 Å². The maximum Gasteiger partial charge on any atom is 0.320 e. The largest absolute Gasteiger partial charge is 0.490 e. The van der Waals surface area contributed by atoms with Gasteiger partial charge in [0, 0.05) is 17.2 Å². The van der Waals surface area contributed by atoms with Crippen molar-refractivity contribution in [1.82, 2.24) is 14.9 Å². The molecule has 0 aliphatic heterocycles. The number of aromatic nitrogens is 2. The highest BCUT2D eigenvalue weighted by Crippen LogP contribution is 2.39. The summed E-state index contributed by atoms with van der Waals surface area (Å²) < 4.78 is 32.7.